The van der Waals surface area contributed by atoms with Crippen molar-refractivity contribution in [1.82, 2.24) is 9.97 Å². The standard InChI is InChI=1S/C10H15N3O4/c1-16-6-7(14)3-12-9-5-11-8(4-13-9)10(15)17-2/h4-5,7,14H,3,6H2,1-2H3,(H,12,13). The molecular weight excluding hydrogens is 226 g/mol. The van der Waals surface area contributed by atoms with E-state index in [0.717, 1.165) is 0 Å². The van der Waals surface area contributed by atoms with Crippen LogP contribution in [0.25, 0.3) is 0 Å². The van der Waals surface area contributed by atoms with Crippen LogP contribution >= 0.6 is 0 Å². The number of hydrogen-bond donors (Lipinski definition) is 2. The molecule has 7 heteroatoms. The molecule has 0 radical (unpaired) electrons. The average Bonchev–Trinajstić information content (AvgIpc) is 2.36. The molecular formula is C10H15N3O4. The number of methoxy groups -OCH3 is 2. The molecule has 0 amide bonds. The van der Waals surface area contributed by atoms with Crippen LogP contribution in [0.2, 0.25) is 0 Å². The van der Waals surface area contributed by atoms with Crippen molar-refractivity contribution in [2.24, 2.45) is 0 Å². The molecule has 2 N–H and O–H groups in total. The lowest BCUT2D eigenvalue weighted by molar-refractivity contribution is 0.0593. The maximum Gasteiger partial charge on any atom is 0.358 e. The van der Waals surface area contributed by atoms with E-state index < -0.39 is 12.1 Å². The van der Waals surface area contributed by atoms with Gasteiger partial charge in [0.25, 0.3) is 0 Å². The molecule has 0 bridgehead atoms. The van der Waals surface area contributed by atoms with E-state index in [-0.39, 0.29) is 12.3 Å². The molecule has 0 saturated carbocycles. The number of carbonyl (C=O) groups excluding carboxylic acids is 1. The van der Waals surface area contributed by atoms with E-state index in [1.54, 1.807) is 0 Å². The number of aliphatic hydroxyl groups is 1. The van der Waals surface area contributed by atoms with Gasteiger partial charge in [-0.3, -0.25) is 0 Å². The topological polar surface area (TPSA) is 93.6 Å². The van der Waals surface area contributed by atoms with Gasteiger partial charge in [0.2, 0.25) is 0 Å². The van der Waals surface area contributed by atoms with Crippen LogP contribution in [0.3, 0.4) is 0 Å². The van der Waals surface area contributed by atoms with E-state index in [1.807, 2.05) is 0 Å². The summed E-state index contributed by atoms with van der Waals surface area (Å²) >= 11 is 0. The minimum absolute atomic E-state index is 0.135. The largest absolute Gasteiger partial charge is 0.464 e. The number of hydrogen-bond acceptors (Lipinski definition) is 7. The summed E-state index contributed by atoms with van der Waals surface area (Å²) in [4.78, 5) is 18.9. The Bertz CT molecular complexity index is 355. The minimum atomic E-state index is -0.623. The molecule has 17 heavy (non-hydrogen) atoms. The molecule has 0 aliphatic carbocycles. The number of aromatic nitrogens is 2. The Balaban J connectivity index is 2.48. The van der Waals surface area contributed by atoms with Gasteiger partial charge in [-0.05, 0) is 0 Å². The van der Waals surface area contributed by atoms with Gasteiger partial charge in [-0.25, -0.2) is 14.8 Å². The molecule has 94 valence electrons. The first kappa shape index (κ1) is 13.3. The molecule has 1 unspecified atom stereocenters. The third-order valence-corrected chi connectivity index (χ3v) is 1.92. The first-order valence-electron chi connectivity index (χ1n) is 4.98. The lowest BCUT2D eigenvalue weighted by Gasteiger charge is -2.10. The van der Waals surface area contributed by atoms with E-state index in [0.29, 0.717) is 12.4 Å². The maximum absolute atomic E-state index is 11.1. The number of aliphatic hydroxyl groups excluding tert-OH is 1. The summed E-state index contributed by atoms with van der Waals surface area (Å²) in [7, 11) is 2.78. The van der Waals surface area contributed by atoms with Crippen molar-refractivity contribution in [2.45, 2.75) is 6.10 Å². The van der Waals surface area contributed by atoms with Gasteiger partial charge in [0.05, 0.1) is 32.2 Å². The number of nitrogens with zero attached hydrogens (tertiary/aromatic N) is 2. The van der Waals surface area contributed by atoms with Gasteiger partial charge in [0.1, 0.15) is 5.82 Å². The van der Waals surface area contributed by atoms with Crippen molar-refractivity contribution in [1.29, 1.82) is 0 Å². The number of rotatable bonds is 6. The molecule has 1 atom stereocenters. The van der Waals surface area contributed by atoms with Gasteiger partial charge in [0.15, 0.2) is 5.69 Å². The first-order valence-corrected chi connectivity index (χ1v) is 4.98. The summed E-state index contributed by atoms with van der Waals surface area (Å²) in [5.74, 6) is -0.0729. The van der Waals surface area contributed by atoms with Crippen LogP contribution in [0.1, 0.15) is 10.5 Å². The van der Waals surface area contributed by atoms with Gasteiger partial charge < -0.3 is 19.9 Å². The highest BCUT2D eigenvalue weighted by Crippen LogP contribution is 2.02. The van der Waals surface area contributed by atoms with Gasteiger partial charge in [-0.1, -0.05) is 0 Å². The van der Waals surface area contributed by atoms with Crippen LogP contribution in [-0.4, -0.2) is 54.5 Å². The fourth-order valence-corrected chi connectivity index (χ4v) is 1.10. The molecule has 1 heterocycles. The summed E-state index contributed by atoms with van der Waals surface area (Å²) < 4.78 is 9.26. The quantitative estimate of drug-likeness (QED) is 0.659. The number of anilines is 1. The first-order chi connectivity index (χ1) is 8.17. The highest BCUT2D eigenvalue weighted by molar-refractivity contribution is 5.86. The van der Waals surface area contributed by atoms with Gasteiger partial charge in [0, 0.05) is 13.7 Å². The van der Waals surface area contributed by atoms with E-state index in [2.05, 4.69) is 20.0 Å². The fourth-order valence-electron chi connectivity index (χ4n) is 1.10. The summed E-state index contributed by atoms with van der Waals surface area (Å²) in [6.45, 7) is 0.529. The zero-order chi connectivity index (χ0) is 12.7. The fraction of sp³-hybridized carbons (Fsp3) is 0.500. The van der Waals surface area contributed by atoms with Crippen LogP contribution in [0.4, 0.5) is 5.82 Å². The molecule has 1 rings (SSSR count). The molecule has 0 saturated heterocycles. The number of carbonyl (C=O) groups is 1. The monoisotopic (exact) mass is 241 g/mol. The summed E-state index contributed by atoms with van der Waals surface area (Å²) in [5.41, 5.74) is 0.135. The highest BCUT2D eigenvalue weighted by atomic mass is 16.5. The Labute approximate surface area is 98.8 Å². The molecule has 7 nitrogen and oxygen atoms in total. The van der Waals surface area contributed by atoms with Gasteiger partial charge in [-0.15, -0.1) is 0 Å². The Kier molecular flexibility index (Phi) is 5.31. The molecule has 0 aliphatic rings. The van der Waals surface area contributed by atoms with Crippen molar-refractivity contribution >= 4 is 11.8 Å². The zero-order valence-electron chi connectivity index (χ0n) is 9.71. The third-order valence-electron chi connectivity index (χ3n) is 1.92. The van der Waals surface area contributed by atoms with Crippen LogP contribution in [0.5, 0.6) is 0 Å². The number of nitrogens with one attached hydrogen (secondary N) is 1. The minimum Gasteiger partial charge on any atom is -0.464 e. The third kappa shape index (κ3) is 4.33. The molecule has 1 aromatic rings. The van der Waals surface area contributed by atoms with Crippen molar-refractivity contribution in [2.75, 3.05) is 32.7 Å². The van der Waals surface area contributed by atoms with Crippen LogP contribution in [-0.2, 0) is 9.47 Å². The average molecular weight is 241 g/mol. The Hall–Kier alpha value is -1.73. The molecule has 0 aliphatic heterocycles. The van der Waals surface area contributed by atoms with Crippen molar-refractivity contribution in [3.63, 3.8) is 0 Å². The number of esters is 1. The zero-order valence-corrected chi connectivity index (χ0v) is 9.71. The predicted molar refractivity (Wildman–Crippen MR) is 59.7 cm³/mol. The summed E-state index contributed by atoms with van der Waals surface area (Å²) in [6.07, 6.45) is 2.07. The lowest BCUT2D eigenvalue weighted by Crippen LogP contribution is -2.24. The number of ether oxygens (including phenoxy) is 2. The molecule has 0 fully saturated rings. The Morgan fingerprint density at radius 2 is 2.24 bits per heavy atom. The summed E-state index contributed by atoms with van der Waals surface area (Å²) in [5, 5.41) is 12.2. The summed E-state index contributed by atoms with van der Waals surface area (Å²) in [6, 6.07) is 0. The van der Waals surface area contributed by atoms with E-state index in [4.69, 9.17) is 4.74 Å². The van der Waals surface area contributed by atoms with Crippen molar-refractivity contribution < 1.29 is 19.4 Å². The van der Waals surface area contributed by atoms with Gasteiger partial charge >= 0.3 is 5.97 Å². The maximum atomic E-state index is 11.1. The molecule has 0 spiro atoms. The Morgan fingerprint density at radius 1 is 1.47 bits per heavy atom. The van der Waals surface area contributed by atoms with E-state index in [1.165, 1.54) is 26.6 Å². The molecule has 0 aromatic carbocycles. The van der Waals surface area contributed by atoms with Crippen molar-refractivity contribution in [3.8, 4) is 0 Å². The Morgan fingerprint density at radius 3 is 2.76 bits per heavy atom. The van der Waals surface area contributed by atoms with Crippen LogP contribution < -0.4 is 5.32 Å². The van der Waals surface area contributed by atoms with E-state index >= 15 is 0 Å². The second-order valence-electron chi connectivity index (χ2n) is 3.27. The van der Waals surface area contributed by atoms with E-state index in [9.17, 15) is 9.90 Å². The second kappa shape index (κ2) is 6.77. The molecule has 1 aromatic heterocycles. The van der Waals surface area contributed by atoms with Crippen LogP contribution in [0, 0.1) is 0 Å². The highest BCUT2D eigenvalue weighted by Gasteiger charge is 2.08. The van der Waals surface area contributed by atoms with Crippen molar-refractivity contribution in [3.05, 3.63) is 18.1 Å². The van der Waals surface area contributed by atoms with Gasteiger partial charge in [-0.2, -0.15) is 0 Å². The lowest BCUT2D eigenvalue weighted by atomic mass is 10.4. The smallest absolute Gasteiger partial charge is 0.358 e. The SMILES string of the molecule is COCC(O)CNc1cnc(C(=O)OC)cn1. The normalized spacial score (nSPS) is 11.9. The van der Waals surface area contributed by atoms with Crippen LogP contribution in [0.15, 0.2) is 12.4 Å². The second-order valence-corrected chi connectivity index (χ2v) is 3.27. The predicted octanol–water partition coefficient (Wildman–Crippen LogP) is -0.318.